The van der Waals surface area contributed by atoms with Crippen LogP contribution in [-0.4, -0.2) is 144 Å². The molecule has 1 atom stereocenters. The molecule has 346 valence electrons. The maximum Gasteiger partial charge on any atom is 0.419 e. The molecule has 0 radical (unpaired) electrons. The Balaban J connectivity index is 0.000000333. The van der Waals surface area contributed by atoms with Gasteiger partial charge in [-0.05, 0) is 87.2 Å². The molecular formula is C47H69N7O9. The first-order valence-corrected chi connectivity index (χ1v) is 22.4. The highest BCUT2D eigenvalue weighted by Crippen LogP contribution is 2.27. The van der Waals surface area contributed by atoms with E-state index in [0.717, 1.165) is 80.7 Å². The largest absolute Gasteiger partial charge is 0.466 e. The van der Waals surface area contributed by atoms with Crippen LogP contribution in [0.4, 0.5) is 15.3 Å². The zero-order valence-corrected chi connectivity index (χ0v) is 37.2. The predicted octanol–water partition coefficient (Wildman–Crippen LogP) is 5.82. The molecule has 1 N–H and O–H groups in total. The fourth-order valence-electron chi connectivity index (χ4n) is 8.64. The second-order valence-electron chi connectivity index (χ2n) is 17.3. The van der Waals surface area contributed by atoms with Crippen LogP contribution in [0.2, 0.25) is 0 Å². The number of carbonyl (C=O) groups excluding carboxylic acids is 5. The molecule has 63 heavy (non-hydrogen) atoms. The van der Waals surface area contributed by atoms with Crippen LogP contribution in [0.3, 0.4) is 0 Å². The number of benzene rings is 2. The number of fused-ring (bicyclic) bond motifs is 2. The number of esters is 1. The Morgan fingerprint density at radius 2 is 1.54 bits per heavy atom. The van der Waals surface area contributed by atoms with Gasteiger partial charge in [0.05, 0.1) is 18.5 Å². The maximum atomic E-state index is 13.8. The van der Waals surface area contributed by atoms with Crippen molar-refractivity contribution in [3.63, 3.8) is 0 Å². The number of likely N-dealkylation sites (tertiary alicyclic amines) is 2. The number of hydrogen-bond donors (Lipinski definition) is 1. The molecule has 16 nitrogen and oxygen atoms in total. The molecule has 0 unspecified atom stereocenters. The van der Waals surface area contributed by atoms with Crippen LogP contribution < -0.4 is 11.1 Å². The van der Waals surface area contributed by atoms with Crippen LogP contribution in [0.1, 0.15) is 89.3 Å². The zero-order chi connectivity index (χ0) is 44.3. The highest BCUT2D eigenvalue weighted by Gasteiger charge is 2.35. The van der Waals surface area contributed by atoms with E-state index in [1.807, 2.05) is 61.0 Å². The van der Waals surface area contributed by atoms with Gasteiger partial charge in [0, 0.05) is 90.5 Å². The predicted molar refractivity (Wildman–Crippen MR) is 242 cm³/mol. The molecule has 4 aliphatic rings. The van der Waals surface area contributed by atoms with Crippen LogP contribution in [0.15, 0.2) is 45.6 Å². The summed E-state index contributed by atoms with van der Waals surface area (Å²) in [4.78, 5) is 85.0. The van der Waals surface area contributed by atoms with Gasteiger partial charge in [-0.3, -0.25) is 19.0 Å². The lowest BCUT2D eigenvalue weighted by atomic mass is 9.98. The maximum absolute atomic E-state index is 13.8. The lowest BCUT2D eigenvalue weighted by Gasteiger charge is -2.38. The number of piperidine rings is 2. The van der Waals surface area contributed by atoms with Gasteiger partial charge >= 0.3 is 23.8 Å². The van der Waals surface area contributed by atoms with E-state index in [0.29, 0.717) is 69.2 Å². The molecule has 3 aromatic rings. The van der Waals surface area contributed by atoms with Crippen molar-refractivity contribution >= 4 is 46.7 Å². The van der Waals surface area contributed by atoms with E-state index in [1.54, 1.807) is 22.9 Å². The molecule has 16 heteroatoms. The van der Waals surface area contributed by atoms with Gasteiger partial charge in [-0.2, -0.15) is 0 Å². The minimum Gasteiger partial charge on any atom is -0.466 e. The molecule has 3 fully saturated rings. The highest BCUT2D eigenvalue weighted by atomic mass is 16.6. The van der Waals surface area contributed by atoms with E-state index in [1.165, 1.54) is 4.57 Å². The molecule has 2 aromatic carbocycles. The number of urea groups is 1. The first-order valence-electron chi connectivity index (χ1n) is 22.4. The highest BCUT2D eigenvalue weighted by molar-refractivity contribution is 5.91. The third-order valence-electron chi connectivity index (χ3n) is 12.6. The number of aryl methyl sites for hydroxylation is 2. The lowest BCUT2D eigenvalue weighted by Crippen LogP contribution is -2.51. The van der Waals surface area contributed by atoms with Gasteiger partial charge < -0.3 is 43.7 Å². The number of nitrogens with one attached hydrogen (secondary N) is 1. The Kier molecular flexibility index (Phi) is 17.6. The average molecular weight is 876 g/mol. The Bertz CT molecular complexity index is 2090. The van der Waals surface area contributed by atoms with Crippen LogP contribution in [0.5, 0.6) is 0 Å². The number of rotatable bonds is 11. The Labute approximate surface area is 371 Å². The number of oxazole rings is 1. The van der Waals surface area contributed by atoms with Crippen molar-refractivity contribution < 1.29 is 37.9 Å². The molecular weight excluding hydrogens is 807 g/mol. The standard InChI is InChI=1S/C33H41N5O6.C13H24N2O3.CH4/c1-21-8-13-36(14-9-21)30(39)28(20-23-18-22(2)29-27(19-23)43-32(41)35(29)3)44-33(42)37-15-11-25(12-16-37)38-17-10-24-6-4-5-7-26(24)34-31(38)40;1-3-4-11-18-13(17)6-5-12(16)15-9-7-14(2)8-10-15;/h4-7,18-19,21,25,28H,8-17,20H2,1-3H3,(H,34,40);3-11H2,1-2H3;1H4/t28-;;/m1../s1. The number of aromatic nitrogens is 1. The van der Waals surface area contributed by atoms with E-state index in [-0.39, 0.29) is 56.5 Å². The Morgan fingerprint density at radius 3 is 2.24 bits per heavy atom. The van der Waals surface area contributed by atoms with E-state index >= 15 is 0 Å². The zero-order valence-electron chi connectivity index (χ0n) is 37.2. The van der Waals surface area contributed by atoms with Crippen molar-refractivity contribution in [1.82, 2.24) is 29.1 Å². The summed E-state index contributed by atoms with van der Waals surface area (Å²) in [7, 11) is 3.71. The number of carbonyl (C=O) groups is 5. The van der Waals surface area contributed by atoms with Gasteiger partial charge in [-0.15, -0.1) is 0 Å². The molecule has 1 aromatic heterocycles. The van der Waals surface area contributed by atoms with E-state index in [9.17, 15) is 28.8 Å². The fourth-order valence-corrected chi connectivity index (χ4v) is 8.64. The van der Waals surface area contributed by atoms with Gasteiger partial charge in [0.15, 0.2) is 11.7 Å². The van der Waals surface area contributed by atoms with Crippen molar-refractivity contribution in [2.45, 2.75) is 105 Å². The van der Waals surface area contributed by atoms with Crippen molar-refractivity contribution in [1.29, 1.82) is 0 Å². The van der Waals surface area contributed by atoms with Crippen LogP contribution in [0.25, 0.3) is 11.1 Å². The van der Waals surface area contributed by atoms with Crippen LogP contribution in [-0.2, 0) is 43.7 Å². The number of amides is 5. The van der Waals surface area contributed by atoms with Crippen molar-refractivity contribution in [2.24, 2.45) is 13.0 Å². The second-order valence-corrected chi connectivity index (χ2v) is 17.3. The number of likely N-dealkylation sites (N-methyl/N-ethyl adjacent to an activating group) is 1. The third kappa shape index (κ3) is 12.9. The van der Waals surface area contributed by atoms with Crippen molar-refractivity contribution in [2.75, 3.05) is 77.9 Å². The monoisotopic (exact) mass is 876 g/mol. The number of unbranched alkanes of at least 4 members (excludes halogenated alkanes) is 1. The molecule has 5 amide bonds. The normalized spacial score (nSPS) is 18.0. The van der Waals surface area contributed by atoms with E-state index in [4.69, 9.17) is 13.9 Å². The summed E-state index contributed by atoms with van der Waals surface area (Å²) in [6.45, 7) is 12.7. The molecule has 0 spiro atoms. The number of piperazine rings is 1. The molecule has 0 bridgehead atoms. The first kappa shape index (κ1) is 48.6. The van der Waals surface area contributed by atoms with E-state index < -0.39 is 18.0 Å². The smallest absolute Gasteiger partial charge is 0.419 e. The summed E-state index contributed by atoms with van der Waals surface area (Å²) in [6, 6.07) is 11.4. The van der Waals surface area contributed by atoms with Gasteiger partial charge in [0.25, 0.3) is 5.91 Å². The Morgan fingerprint density at radius 1 is 0.857 bits per heavy atom. The van der Waals surface area contributed by atoms with Crippen LogP contribution in [0, 0.1) is 12.8 Å². The van der Waals surface area contributed by atoms with E-state index in [2.05, 4.69) is 17.1 Å². The summed E-state index contributed by atoms with van der Waals surface area (Å²) in [5, 5.41) is 3.03. The third-order valence-corrected chi connectivity index (χ3v) is 12.6. The number of para-hydroxylation sites is 1. The molecule has 0 aliphatic carbocycles. The quantitative estimate of drug-likeness (QED) is 0.183. The Hall–Kier alpha value is -5.38. The fraction of sp³-hybridized carbons (Fsp3) is 0.617. The van der Waals surface area contributed by atoms with Crippen molar-refractivity contribution in [3.8, 4) is 0 Å². The summed E-state index contributed by atoms with van der Waals surface area (Å²) < 4.78 is 17.9. The molecule has 4 aliphatic heterocycles. The molecule has 5 heterocycles. The first-order chi connectivity index (χ1) is 29.8. The van der Waals surface area contributed by atoms with Gasteiger partial charge in [0.2, 0.25) is 5.91 Å². The topological polar surface area (TPSA) is 167 Å². The molecule has 0 saturated carbocycles. The van der Waals surface area contributed by atoms with Gasteiger partial charge in [-0.1, -0.05) is 52.0 Å². The summed E-state index contributed by atoms with van der Waals surface area (Å²) >= 11 is 0. The second kappa shape index (κ2) is 22.8. The van der Waals surface area contributed by atoms with Crippen molar-refractivity contribution in [3.05, 3.63) is 63.6 Å². The average Bonchev–Trinajstić information content (AvgIpc) is 3.44. The SMILES string of the molecule is C.CCCCOC(=O)CCC(=O)N1CCN(C)CC1.Cc1cc(C[C@@H](OC(=O)N2CCC(N3CCc4ccccc4NC3=O)CC2)C(=O)N2CCC(C)CC2)cc2oc(=O)n(C)c12. The summed E-state index contributed by atoms with van der Waals surface area (Å²) in [6.07, 6.45) is 4.87. The summed E-state index contributed by atoms with van der Waals surface area (Å²) in [5.74, 6) is -0.296. The number of ether oxygens (including phenoxy) is 2. The van der Waals surface area contributed by atoms with Crippen LogP contribution >= 0.6 is 0 Å². The number of anilines is 1. The summed E-state index contributed by atoms with van der Waals surface area (Å²) in [5.41, 5.74) is 4.72. The molecule has 7 rings (SSSR count). The van der Waals surface area contributed by atoms with Gasteiger partial charge in [0.1, 0.15) is 0 Å². The van der Waals surface area contributed by atoms with Gasteiger partial charge in [-0.25, -0.2) is 14.4 Å². The minimum absolute atomic E-state index is 0. The number of nitrogens with zero attached hydrogens (tertiary/aromatic N) is 6. The molecule has 3 saturated heterocycles. The minimum atomic E-state index is -1.00. The lowest BCUT2D eigenvalue weighted by molar-refractivity contribution is -0.146. The number of hydrogen-bond acceptors (Lipinski definition) is 10.